The van der Waals surface area contributed by atoms with Crippen LogP contribution in [0.25, 0.3) is 0 Å². The molecule has 0 fully saturated rings. The molecular formula is C14H21FO. The first kappa shape index (κ1) is 13.2. The Morgan fingerprint density at radius 2 is 1.94 bits per heavy atom. The van der Waals surface area contributed by atoms with Gasteiger partial charge in [0, 0.05) is 5.56 Å². The second kappa shape index (κ2) is 6.00. The van der Waals surface area contributed by atoms with Gasteiger partial charge in [-0.15, -0.1) is 0 Å². The normalized spacial score (nSPS) is 13.1. The highest BCUT2D eigenvalue weighted by Crippen LogP contribution is 2.24. The van der Waals surface area contributed by atoms with Crippen LogP contribution in [0.3, 0.4) is 0 Å². The predicted molar refractivity (Wildman–Crippen MR) is 64.8 cm³/mol. The van der Waals surface area contributed by atoms with E-state index >= 15 is 0 Å². The van der Waals surface area contributed by atoms with Gasteiger partial charge in [-0.2, -0.15) is 0 Å². The van der Waals surface area contributed by atoms with Crippen LogP contribution in [0.5, 0.6) is 0 Å². The maximum atomic E-state index is 13.7. The number of aryl methyl sites for hydroxylation is 1. The first-order valence-electron chi connectivity index (χ1n) is 5.95. The number of aliphatic hydroxyl groups is 1. The summed E-state index contributed by atoms with van der Waals surface area (Å²) < 4.78 is 13.7. The van der Waals surface area contributed by atoms with Crippen molar-refractivity contribution in [2.75, 3.05) is 0 Å². The standard InChI is InChI=1S/C14H21FO/c1-10(2)6-4-9-13(16)12-8-5-7-11(3)14(12)15/h5,7-8,10,13,16H,4,6,9H2,1-3H3. The summed E-state index contributed by atoms with van der Waals surface area (Å²) in [5, 5.41) is 9.90. The molecule has 0 amide bonds. The van der Waals surface area contributed by atoms with Crippen molar-refractivity contribution in [2.24, 2.45) is 5.92 Å². The van der Waals surface area contributed by atoms with Crippen LogP contribution >= 0.6 is 0 Å². The van der Waals surface area contributed by atoms with E-state index in [2.05, 4.69) is 13.8 Å². The van der Waals surface area contributed by atoms with E-state index in [1.54, 1.807) is 25.1 Å². The molecule has 0 aliphatic rings. The topological polar surface area (TPSA) is 20.2 Å². The van der Waals surface area contributed by atoms with E-state index in [-0.39, 0.29) is 5.82 Å². The van der Waals surface area contributed by atoms with Crippen LogP contribution < -0.4 is 0 Å². The van der Waals surface area contributed by atoms with Crippen molar-refractivity contribution in [2.45, 2.75) is 46.1 Å². The third kappa shape index (κ3) is 3.60. The molecule has 0 heterocycles. The molecule has 0 spiro atoms. The van der Waals surface area contributed by atoms with Crippen LogP contribution in [0, 0.1) is 18.7 Å². The highest BCUT2D eigenvalue weighted by molar-refractivity contribution is 5.26. The van der Waals surface area contributed by atoms with E-state index in [9.17, 15) is 9.50 Å². The Labute approximate surface area is 97.3 Å². The van der Waals surface area contributed by atoms with Crippen LogP contribution in [0.4, 0.5) is 4.39 Å². The average molecular weight is 224 g/mol. The lowest BCUT2D eigenvalue weighted by atomic mass is 9.98. The monoisotopic (exact) mass is 224 g/mol. The Morgan fingerprint density at radius 3 is 2.56 bits per heavy atom. The van der Waals surface area contributed by atoms with Crippen molar-refractivity contribution >= 4 is 0 Å². The second-order valence-electron chi connectivity index (χ2n) is 4.82. The van der Waals surface area contributed by atoms with Gasteiger partial charge in [-0.05, 0) is 24.8 Å². The van der Waals surface area contributed by atoms with Crippen molar-refractivity contribution in [3.8, 4) is 0 Å². The third-order valence-electron chi connectivity index (χ3n) is 2.84. The van der Waals surface area contributed by atoms with Crippen molar-refractivity contribution in [1.82, 2.24) is 0 Å². The highest BCUT2D eigenvalue weighted by atomic mass is 19.1. The lowest BCUT2D eigenvalue weighted by molar-refractivity contribution is 0.157. The maximum absolute atomic E-state index is 13.7. The zero-order chi connectivity index (χ0) is 12.1. The maximum Gasteiger partial charge on any atom is 0.131 e. The molecule has 1 nitrogen and oxygen atoms in total. The van der Waals surface area contributed by atoms with Gasteiger partial charge in [0.2, 0.25) is 0 Å². The summed E-state index contributed by atoms with van der Waals surface area (Å²) in [5.74, 6) is 0.370. The predicted octanol–water partition coefficient (Wildman–Crippen LogP) is 3.99. The molecule has 0 saturated heterocycles. The van der Waals surface area contributed by atoms with Crippen LogP contribution in [0.1, 0.15) is 50.3 Å². The first-order valence-corrected chi connectivity index (χ1v) is 5.95. The number of rotatable bonds is 5. The smallest absolute Gasteiger partial charge is 0.131 e. The summed E-state index contributed by atoms with van der Waals surface area (Å²) in [6.45, 7) is 6.03. The van der Waals surface area contributed by atoms with Gasteiger partial charge in [0.1, 0.15) is 5.82 Å². The number of hydrogen-bond donors (Lipinski definition) is 1. The zero-order valence-electron chi connectivity index (χ0n) is 10.3. The molecule has 1 aromatic carbocycles. The van der Waals surface area contributed by atoms with Gasteiger partial charge < -0.3 is 5.11 Å². The summed E-state index contributed by atoms with van der Waals surface area (Å²) in [7, 11) is 0. The number of halogens is 1. The number of hydrogen-bond acceptors (Lipinski definition) is 1. The minimum atomic E-state index is -0.668. The van der Waals surface area contributed by atoms with Crippen molar-refractivity contribution in [3.05, 3.63) is 35.1 Å². The summed E-state index contributed by atoms with van der Waals surface area (Å²) in [6, 6.07) is 5.18. The van der Waals surface area contributed by atoms with Crippen molar-refractivity contribution in [3.63, 3.8) is 0 Å². The Bertz CT molecular complexity index is 334. The third-order valence-corrected chi connectivity index (χ3v) is 2.84. The summed E-state index contributed by atoms with van der Waals surface area (Å²) in [4.78, 5) is 0. The minimum Gasteiger partial charge on any atom is -0.388 e. The fourth-order valence-corrected chi connectivity index (χ4v) is 1.80. The molecule has 0 radical (unpaired) electrons. The van der Waals surface area contributed by atoms with Gasteiger partial charge in [0.25, 0.3) is 0 Å². The van der Waals surface area contributed by atoms with Crippen molar-refractivity contribution < 1.29 is 9.50 Å². The molecule has 1 rings (SSSR count). The Kier molecular flexibility index (Phi) is 4.94. The van der Waals surface area contributed by atoms with Gasteiger partial charge >= 0.3 is 0 Å². The van der Waals surface area contributed by atoms with Crippen LogP contribution in [-0.4, -0.2) is 5.11 Å². The highest BCUT2D eigenvalue weighted by Gasteiger charge is 2.13. The van der Waals surface area contributed by atoms with Gasteiger partial charge in [0.15, 0.2) is 0 Å². The van der Waals surface area contributed by atoms with Gasteiger partial charge in [0.05, 0.1) is 6.10 Å². The van der Waals surface area contributed by atoms with Crippen LogP contribution in [-0.2, 0) is 0 Å². The van der Waals surface area contributed by atoms with Gasteiger partial charge in [-0.1, -0.05) is 44.9 Å². The fourth-order valence-electron chi connectivity index (χ4n) is 1.80. The summed E-state index contributed by atoms with van der Waals surface area (Å²) in [5.41, 5.74) is 1.03. The molecule has 90 valence electrons. The number of aliphatic hydroxyl groups excluding tert-OH is 1. The minimum absolute atomic E-state index is 0.264. The molecule has 16 heavy (non-hydrogen) atoms. The summed E-state index contributed by atoms with van der Waals surface area (Å²) in [6.07, 6.45) is 1.98. The fraction of sp³-hybridized carbons (Fsp3) is 0.571. The quantitative estimate of drug-likeness (QED) is 0.801. The Morgan fingerprint density at radius 1 is 1.25 bits per heavy atom. The molecule has 1 atom stereocenters. The second-order valence-corrected chi connectivity index (χ2v) is 4.82. The van der Waals surface area contributed by atoms with E-state index in [4.69, 9.17) is 0 Å². The molecular weight excluding hydrogens is 203 g/mol. The lowest BCUT2D eigenvalue weighted by Gasteiger charge is -2.13. The molecule has 0 aliphatic carbocycles. The molecule has 0 saturated carbocycles. The molecule has 0 bridgehead atoms. The largest absolute Gasteiger partial charge is 0.388 e. The van der Waals surface area contributed by atoms with Crippen molar-refractivity contribution in [1.29, 1.82) is 0 Å². The van der Waals surface area contributed by atoms with Crippen LogP contribution in [0.2, 0.25) is 0 Å². The molecule has 1 unspecified atom stereocenters. The molecule has 0 aliphatic heterocycles. The van der Waals surface area contributed by atoms with Crippen LogP contribution in [0.15, 0.2) is 18.2 Å². The Hall–Kier alpha value is -0.890. The molecule has 0 aromatic heterocycles. The van der Waals surface area contributed by atoms with E-state index in [0.717, 1.165) is 12.8 Å². The summed E-state index contributed by atoms with van der Waals surface area (Å²) >= 11 is 0. The number of benzene rings is 1. The van der Waals surface area contributed by atoms with E-state index in [1.165, 1.54) is 0 Å². The van der Waals surface area contributed by atoms with E-state index in [1.807, 2.05) is 0 Å². The average Bonchev–Trinajstić information content (AvgIpc) is 2.21. The first-order chi connectivity index (χ1) is 7.52. The van der Waals surface area contributed by atoms with Gasteiger partial charge in [-0.25, -0.2) is 4.39 Å². The zero-order valence-corrected chi connectivity index (χ0v) is 10.3. The molecule has 1 aromatic rings. The van der Waals surface area contributed by atoms with Gasteiger partial charge in [-0.3, -0.25) is 0 Å². The SMILES string of the molecule is Cc1cccc(C(O)CCCC(C)C)c1F. The Balaban J connectivity index is 2.59. The van der Waals surface area contributed by atoms with E-state index in [0.29, 0.717) is 23.5 Å². The lowest BCUT2D eigenvalue weighted by Crippen LogP contribution is -2.02. The van der Waals surface area contributed by atoms with E-state index < -0.39 is 6.10 Å². The molecule has 1 N–H and O–H groups in total. The molecule has 2 heteroatoms.